The van der Waals surface area contributed by atoms with Crippen LogP contribution in [-0.4, -0.2) is 38.4 Å². The fraction of sp³-hybridized carbons (Fsp3) is 0.226. The van der Waals surface area contributed by atoms with Gasteiger partial charge >= 0.3 is 241 Å². The van der Waals surface area contributed by atoms with E-state index in [4.69, 9.17) is 11.5 Å². The van der Waals surface area contributed by atoms with Crippen molar-refractivity contribution < 1.29 is 14.0 Å². The summed E-state index contributed by atoms with van der Waals surface area (Å²) in [4.78, 5) is 25.1. The van der Waals surface area contributed by atoms with Crippen LogP contribution in [0.2, 0.25) is 0 Å². The molecule has 0 aliphatic heterocycles. The maximum absolute atomic E-state index is 15.1. The van der Waals surface area contributed by atoms with Gasteiger partial charge in [0.1, 0.15) is 0 Å². The second-order valence-corrected chi connectivity index (χ2v) is 11.8. The Kier molecular flexibility index (Phi) is 8.07. The van der Waals surface area contributed by atoms with Crippen LogP contribution in [-0.2, 0) is 10.7 Å². The molecule has 0 bridgehead atoms. The number of anilines is 1. The Hall–Kier alpha value is -4.25. The Morgan fingerprint density at radius 3 is 2.49 bits per heavy atom. The Balaban J connectivity index is 1.49. The molecule has 2 amide bonds. The summed E-state index contributed by atoms with van der Waals surface area (Å²) in [5.41, 5.74) is 14.9. The van der Waals surface area contributed by atoms with Gasteiger partial charge in [0.25, 0.3) is 0 Å². The van der Waals surface area contributed by atoms with Crippen molar-refractivity contribution in [3.05, 3.63) is 112 Å². The predicted octanol–water partition coefficient (Wildman–Crippen LogP) is 4.30. The molecule has 8 nitrogen and oxygen atoms in total. The van der Waals surface area contributed by atoms with Gasteiger partial charge in [-0.2, -0.15) is 0 Å². The predicted molar refractivity (Wildman–Crippen MR) is 154 cm³/mol. The van der Waals surface area contributed by atoms with Gasteiger partial charge in [-0.05, 0) is 0 Å². The number of rotatable bonds is 10. The van der Waals surface area contributed by atoms with E-state index in [1.165, 1.54) is 29.7 Å². The number of nitriles is 1. The number of hydrogen-bond donors (Lipinski definition) is 3. The Labute approximate surface area is 246 Å². The van der Waals surface area contributed by atoms with Crippen LogP contribution in [0.15, 0.2) is 72.8 Å². The second kappa shape index (κ2) is 11.7. The van der Waals surface area contributed by atoms with Crippen LogP contribution in [0.3, 0.4) is 0 Å². The van der Waals surface area contributed by atoms with E-state index >= 15 is 4.39 Å². The summed E-state index contributed by atoms with van der Waals surface area (Å²) in [6.45, 7) is 0.295. The molecule has 1 aliphatic carbocycles. The second-order valence-electron chi connectivity index (χ2n) is 10.2. The van der Waals surface area contributed by atoms with Gasteiger partial charge in [-0.3, -0.25) is 0 Å². The number of primary amides is 1. The van der Waals surface area contributed by atoms with Gasteiger partial charge in [0.15, 0.2) is 0 Å². The zero-order chi connectivity index (χ0) is 29.1. The van der Waals surface area contributed by atoms with E-state index in [1.807, 2.05) is 24.3 Å². The van der Waals surface area contributed by atoms with Crippen molar-refractivity contribution in [2.24, 2.45) is 17.4 Å². The molecule has 1 aromatic heterocycles. The molecule has 1 heterocycles. The molecular formula is C31H28AsFN6O2. The van der Waals surface area contributed by atoms with Gasteiger partial charge in [-0.1, -0.05) is 0 Å². The van der Waals surface area contributed by atoms with Crippen LogP contribution in [0.4, 0.5) is 10.1 Å². The molecule has 1 aliphatic rings. The van der Waals surface area contributed by atoms with E-state index < -0.39 is 21.8 Å². The summed E-state index contributed by atoms with van der Waals surface area (Å²) >= 11 is 2.71. The maximum atomic E-state index is 15.1. The van der Waals surface area contributed by atoms with Crippen LogP contribution >= 0.6 is 0 Å². The van der Waals surface area contributed by atoms with Crippen LogP contribution < -0.4 is 16.8 Å². The van der Waals surface area contributed by atoms with Crippen molar-refractivity contribution in [3.8, 4) is 11.8 Å². The molecule has 0 spiro atoms. The average molecular weight is 611 g/mol. The van der Waals surface area contributed by atoms with E-state index in [0.29, 0.717) is 23.7 Å². The number of aromatic nitrogens is 2. The molecular weight excluding hydrogens is 582 g/mol. The molecule has 4 aromatic rings. The van der Waals surface area contributed by atoms with E-state index in [2.05, 4.69) is 27.3 Å². The number of nitrogens with one attached hydrogen (secondary N) is 1. The number of halogens is 1. The molecule has 1 fully saturated rings. The first-order chi connectivity index (χ1) is 19.7. The number of benzene rings is 3. The molecule has 41 heavy (non-hydrogen) atoms. The van der Waals surface area contributed by atoms with Gasteiger partial charge in [-0.25, -0.2) is 0 Å². The molecule has 3 aromatic carbocycles. The molecule has 5 rings (SSSR count). The number of amides is 2. The van der Waals surface area contributed by atoms with E-state index in [1.54, 1.807) is 42.5 Å². The first-order valence-corrected chi connectivity index (χ1v) is 14.2. The van der Waals surface area contributed by atoms with Crippen LogP contribution in [0.25, 0.3) is 5.69 Å². The Morgan fingerprint density at radius 2 is 1.83 bits per heavy atom. The number of carbonyl (C=O) groups excluding carboxylic acids is 2. The van der Waals surface area contributed by atoms with Crippen molar-refractivity contribution >= 4 is 34.4 Å². The number of carbonyl (C=O) groups is 2. The summed E-state index contributed by atoms with van der Waals surface area (Å²) < 4.78 is 15.9. The fourth-order valence-electron chi connectivity index (χ4n) is 4.86. The average Bonchev–Trinajstić information content (AvgIpc) is 3.72. The third-order valence-electron chi connectivity index (χ3n) is 7.40. The summed E-state index contributed by atoms with van der Waals surface area (Å²) in [5, 5.41) is 16.4. The molecule has 10 heteroatoms. The van der Waals surface area contributed by atoms with Crippen molar-refractivity contribution in [2.75, 3.05) is 5.32 Å². The fourth-order valence-corrected chi connectivity index (χ4v) is 5.73. The number of nitrogens with zero attached hydrogens (tertiary/aromatic N) is 3. The van der Waals surface area contributed by atoms with Gasteiger partial charge in [0.05, 0.1) is 0 Å². The zero-order valence-corrected chi connectivity index (χ0v) is 24.1. The molecule has 1 atom stereocenters. The summed E-state index contributed by atoms with van der Waals surface area (Å²) in [6.07, 6.45) is 4.16. The first-order valence-electron chi connectivity index (χ1n) is 13.3. The first kappa shape index (κ1) is 28.3. The summed E-state index contributed by atoms with van der Waals surface area (Å²) in [5.74, 6) is -1.06. The number of nitrogens with two attached hydrogens (primary N) is 2. The zero-order valence-electron chi connectivity index (χ0n) is 22.2. The molecule has 0 saturated heterocycles. The SMILES string of the molecule is N#Cc1cc(C(=O)Nc2cc(C([As])(CCC3CC3)c3ccc(C(N)=O)cc3)ccc2F)n(-c2cccc(CN)c2)n1. The van der Waals surface area contributed by atoms with E-state index in [9.17, 15) is 14.9 Å². The molecule has 1 unspecified atom stereocenters. The van der Waals surface area contributed by atoms with Crippen molar-refractivity contribution in [1.82, 2.24) is 9.78 Å². The summed E-state index contributed by atoms with van der Waals surface area (Å²) in [7, 11) is 0. The minimum absolute atomic E-state index is 0.00469. The van der Waals surface area contributed by atoms with Crippen LogP contribution in [0.1, 0.15) is 68.9 Å². The van der Waals surface area contributed by atoms with Crippen molar-refractivity contribution in [2.45, 2.75) is 36.4 Å². The number of hydrogen-bond acceptors (Lipinski definition) is 5. The van der Waals surface area contributed by atoms with E-state index in [0.717, 1.165) is 29.5 Å². The Bertz CT molecular complexity index is 1660. The molecule has 2 radical (unpaired) electrons. The topological polar surface area (TPSA) is 140 Å². The standard InChI is InChI=1S/C31H28AsFN6O2/c32-31(13-12-19-4-5-19,22-8-6-21(7-9-22)29(36)40)23-10-11-26(33)27(15-23)37-30(41)28-16-24(18-35)38-39(28)25-3-1-2-20(14-25)17-34/h1-3,6-11,14-16,19H,4-5,12-13,17,34H2,(H2,36,40)(H,37,41). The van der Waals surface area contributed by atoms with Gasteiger partial charge in [-0.15, -0.1) is 0 Å². The third kappa shape index (κ3) is 6.09. The quantitative estimate of drug-likeness (QED) is 0.230. The van der Waals surface area contributed by atoms with Gasteiger partial charge in [0, 0.05) is 0 Å². The minimum atomic E-state index is -0.617. The summed E-state index contributed by atoms with van der Waals surface area (Å²) in [6, 6.07) is 22.3. The molecule has 206 valence electrons. The van der Waals surface area contributed by atoms with Gasteiger partial charge < -0.3 is 5.73 Å². The van der Waals surface area contributed by atoms with Crippen molar-refractivity contribution in [1.29, 1.82) is 5.26 Å². The van der Waals surface area contributed by atoms with E-state index in [-0.39, 0.29) is 17.1 Å². The van der Waals surface area contributed by atoms with Crippen molar-refractivity contribution in [3.63, 3.8) is 0 Å². The monoisotopic (exact) mass is 610 g/mol. The van der Waals surface area contributed by atoms with Crippen LogP contribution in [0.5, 0.6) is 0 Å². The molecule has 1 saturated carbocycles. The Morgan fingerprint density at radius 1 is 1.10 bits per heavy atom. The normalized spacial score (nSPS) is 14.2. The third-order valence-corrected chi connectivity index (χ3v) is 8.95. The molecule has 5 N–H and O–H groups in total. The van der Waals surface area contributed by atoms with Crippen LogP contribution in [0, 0.1) is 23.1 Å². The van der Waals surface area contributed by atoms with Gasteiger partial charge in [0.2, 0.25) is 0 Å².